The van der Waals surface area contributed by atoms with Crippen LogP contribution in [0.5, 0.6) is 0 Å². The number of hydrogen-bond donors (Lipinski definition) is 4. The zero-order valence-electron chi connectivity index (χ0n) is 16.2. The lowest BCUT2D eigenvalue weighted by molar-refractivity contribution is 0.0697. The van der Waals surface area contributed by atoms with E-state index < -0.39 is 5.97 Å². The molecule has 0 radical (unpaired) electrons. The van der Waals surface area contributed by atoms with Crippen molar-refractivity contribution in [3.8, 4) is 11.3 Å². The van der Waals surface area contributed by atoms with Crippen molar-refractivity contribution in [3.05, 3.63) is 87.6 Å². The number of imidazole rings is 1. The number of H-pyrrole nitrogens is 1. The second-order valence-corrected chi connectivity index (χ2v) is 7.26. The first-order chi connectivity index (χ1) is 15.0. The molecule has 4 aromatic rings. The van der Waals surface area contributed by atoms with Crippen molar-refractivity contribution in [2.75, 3.05) is 5.32 Å². The van der Waals surface area contributed by atoms with Crippen LogP contribution in [0.4, 0.5) is 10.5 Å². The van der Waals surface area contributed by atoms with Crippen LogP contribution in [0.1, 0.15) is 27.2 Å². The third-order valence-corrected chi connectivity index (χ3v) is 5.31. The summed E-state index contributed by atoms with van der Waals surface area (Å²) >= 11 is 0. The number of aromatic amines is 1. The number of fused-ring (bicyclic) bond motifs is 5. The number of urea groups is 1. The van der Waals surface area contributed by atoms with E-state index in [4.69, 9.17) is 5.11 Å². The molecule has 0 unspecified atom stereocenters. The molecule has 1 aliphatic rings. The number of carbonyl (C=O) groups excluding carboxylic acids is 1. The molecule has 0 bridgehead atoms. The molecule has 0 spiro atoms. The van der Waals surface area contributed by atoms with Gasteiger partial charge in [0.05, 0.1) is 17.0 Å². The van der Waals surface area contributed by atoms with E-state index in [2.05, 4.69) is 20.6 Å². The maximum Gasteiger partial charge on any atom is 0.335 e. The van der Waals surface area contributed by atoms with Gasteiger partial charge in [-0.2, -0.15) is 0 Å². The Hall–Kier alpha value is -4.40. The number of amides is 2. The summed E-state index contributed by atoms with van der Waals surface area (Å²) in [5, 5.41) is 14.5. The molecular formula is C22H17N5O4. The first kappa shape index (κ1) is 18.6. The number of rotatable bonds is 4. The van der Waals surface area contributed by atoms with Gasteiger partial charge in [0.25, 0.3) is 5.56 Å². The van der Waals surface area contributed by atoms with Crippen LogP contribution < -0.4 is 16.2 Å². The van der Waals surface area contributed by atoms with Gasteiger partial charge >= 0.3 is 12.0 Å². The van der Waals surface area contributed by atoms with Crippen LogP contribution in [-0.2, 0) is 13.0 Å². The van der Waals surface area contributed by atoms with E-state index in [9.17, 15) is 14.4 Å². The van der Waals surface area contributed by atoms with E-state index in [0.717, 1.165) is 28.1 Å². The summed E-state index contributed by atoms with van der Waals surface area (Å²) in [6, 6.07) is 11.5. The van der Waals surface area contributed by atoms with E-state index >= 15 is 0 Å². The lowest BCUT2D eigenvalue weighted by Crippen LogP contribution is -2.28. The molecule has 5 rings (SSSR count). The summed E-state index contributed by atoms with van der Waals surface area (Å²) in [5.41, 5.74) is 5.38. The number of aromatic nitrogens is 3. The van der Waals surface area contributed by atoms with E-state index in [1.165, 1.54) is 12.1 Å². The number of nitrogens with zero attached hydrogens (tertiary/aromatic N) is 2. The van der Waals surface area contributed by atoms with Gasteiger partial charge in [0.1, 0.15) is 0 Å². The summed E-state index contributed by atoms with van der Waals surface area (Å²) < 4.78 is 1.80. The van der Waals surface area contributed by atoms with E-state index in [0.29, 0.717) is 17.8 Å². The zero-order chi connectivity index (χ0) is 21.5. The van der Waals surface area contributed by atoms with Gasteiger partial charge < -0.3 is 20.7 Å². The van der Waals surface area contributed by atoms with Crippen LogP contribution >= 0.6 is 0 Å². The highest BCUT2D eigenvalue weighted by atomic mass is 16.4. The number of benzene rings is 2. The predicted octanol–water partition coefficient (Wildman–Crippen LogP) is 2.61. The van der Waals surface area contributed by atoms with Gasteiger partial charge in [-0.1, -0.05) is 18.2 Å². The van der Waals surface area contributed by atoms with Crippen LogP contribution in [0.2, 0.25) is 0 Å². The molecule has 31 heavy (non-hydrogen) atoms. The fourth-order valence-corrected chi connectivity index (χ4v) is 3.81. The van der Waals surface area contributed by atoms with Crippen molar-refractivity contribution in [3.63, 3.8) is 0 Å². The molecule has 2 amide bonds. The standard InChI is InChI=1S/C22H17N5O4/c28-20-19-23-7-8-27(19)17-10-14-9-15(5-6-16(14)18(17)26-20)25-22(31)24-11-12-1-3-13(4-2-12)21(29)30/h1-9H,10-11H2,(H,26,28)(H,29,30)(H2,24,25,31). The molecule has 0 saturated carbocycles. The second kappa shape index (κ2) is 7.13. The maximum atomic E-state index is 12.3. The fourth-order valence-electron chi connectivity index (χ4n) is 3.81. The smallest absolute Gasteiger partial charge is 0.335 e. The van der Waals surface area contributed by atoms with Crippen LogP contribution in [0.15, 0.2) is 59.7 Å². The van der Waals surface area contributed by atoms with Gasteiger partial charge in [-0.05, 0) is 35.4 Å². The molecule has 0 saturated heterocycles. The number of aromatic carboxylic acids is 1. The molecule has 9 nitrogen and oxygen atoms in total. The number of anilines is 1. The molecule has 154 valence electrons. The largest absolute Gasteiger partial charge is 0.478 e. The Morgan fingerprint density at radius 2 is 1.97 bits per heavy atom. The van der Waals surface area contributed by atoms with Gasteiger partial charge in [0, 0.05) is 36.6 Å². The summed E-state index contributed by atoms with van der Waals surface area (Å²) in [6.45, 7) is 0.266. The number of carboxylic acids is 1. The minimum Gasteiger partial charge on any atom is -0.478 e. The van der Waals surface area contributed by atoms with Crippen molar-refractivity contribution in [2.45, 2.75) is 13.0 Å². The van der Waals surface area contributed by atoms with Gasteiger partial charge in [0.15, 0.2) is 0 Å². The van der Waals surface area contributed by atoms with Crippen molar-refractivity contribution >= 4 is 23.3 Å². The third-order valence-electron chi connectivity index (χ3n) is 5.31. The van der Waals surface area contributed by atoms with E-state index in [1.54, 1.807) is 35.0 Å². The van der Waals surface area contributed by atoms with Crippen molar-refractivity contribution in [2.24, 2.45) is 0 Å². The minimum absolute atomic E-state index is 0.196. The highest BCUT2D eigenvalue weighted by molar-refractivity contribution is 5.90. The Morgan fingerprint density at radius 1 is 1.16 bits per heavy atom. The van der Waals surface area contributed by atoms with Crippen molar-refractivity contribution < 1.29 is 14.7 Å². The lowest BCUT2D eigenvalue weighted by atomic mass is 10.1. The van der Waals surface area contributed by atoms with Gasteiger partial charge in [-0.25, -0.2) is 14.6 Å². The SMILES string of the molecule is O=C(NCc1ccc(C(=O)O)cc1)Nc1ccc2c(c1)Cc1c-2[nH]c(=O)c2nccn12. The van der Waals surface area contributed by atoms with Crippen LogP contribution in [0.25, 0.3) is 16.9 Å². The molecule has 9 heteroatoms. The van der Waals surface area contributed by atoms with Crippen LogP contribution in [0.3, 0.4) is 0 Å². The average Bonchev–Trinajstić information content (AvgIpc) is 3.38. The third kappa shape index (κ3) is 3.31. The Balaban J connectivity index is 1.29. The van der Waals surface area contributed by atoms with Gasteiger partial charge in [0.2, 0.25) is 5.65 Å². The molecule has 2 aromatic heterocycles. The maximum absolute atomic E-state index is 12.3. The number of nitrogens with one attached hydrogen (secondary N) is 3. The zero-order valence-corrected chi connectivity index (χ0v) is 16.2. The van der Waals surface area contributed by atoms with E-state index in [1.807, 2.05) is 12.1 Å². The minimum atomic E-state index is -0.992. The Labute approximate surface area is 175 Å². The topological polar surface area (TPSA) is 129 Å². The molecule has 2 heterocycles. The second-order valence-electron chi connectivity index (χ2n) is 7.26. The first-order valence-electron chi connectivity index (χ1n) is 9.58. The molecule has 0 aliphatic heterocycles. The van der Waals surface area contributed by atoms with Crippen molar-refractivity contribution in [1.29, 1.82) is 0 Å². The highest BCUT2D eigenvalue weighted by Crippen LogP contribution is 2.35. The highest BCUT2D eigenvalue weighted by Gasteiger charge is 2.23. The van der Waals surface area contributed by atoms with Crippen LogP contribution in [0, 0.1) is 0 Å². The number of carbonyl (C=O) groups is 2. The number of carboxylic acid groups (broad SMARTS) is 1. The monoisotopic (exact) mass is 415 g/mol. The quantitative estimate of drug-likeness (QED) is 0.359. The van der Waals surface area contributed by atoms with Crippen molar-refractivity contribution in [1.82, 2.24) is 19.7 Å². The Kier molecular flexibility index (Phi) is 4.28. The normalized spacial score (nSPS) is 11.7. The summed E-state index contributed by atoms with van der Waals surface area (Å²) in [4.78, 5) is 42.4. The summed E-state index contributed by atoms with van der Waals surface area (Å²) in [5.74, 6) is -0.992. The molecule has 1 aliphatic carbocycles. The molecule has 0 atom stereocenters. The lowest BCUT2D eigenvalue weighted by Gasteiger charge is -2.09. The Bertz CT molecular complexity index is 1400. The van der Waals surface area contributed by atoms with Crippen LogP contribution in [-0.4, -0.2) is 31.5 Å². The predicted molar refractivity (Wildman–Crippen MR) is 113 cm³/mol. The van der Waals surface area contributed by atoms with E-state index in [-0.39, 0.29) is 23.7 Å². The molecule has 2 aromatic carbocycles. The fraction of sp³-hybridized carbons (Fsp3) is 0.0909. The van der Waals surface area contributed by atoms with Gasteiger partial charge in [-0.15, -0.1) is 0 Å². The number of hydrogen-bond acceptors (Lipinski definition) is 4. The summed E-state index contributed by atoms with van der Waals surface area (Å²) in [7, 11) is 0. The Morgan fingerprint density at radius 3 is 2.74 bits per heavy atom. The average molecular weight is 415 g/mol. The molecule has 4 N–H and O–H groups in total. The summed E-state index contributed by atoms with van der Waals surface area (Å²) in [6.07, 6.45) is 3.98. The van der Waals surface area contributed by atoms with Gasteiger partial charge in [-0.3, -0.25) is 9.20 Å². The molecular weight excluding hydrogens is 398 g/mol. The molecule has 0 fully saturated rings. The first-order valence-corrected chi connectivity index (χ1v) is 9.58.